The molecule has 1 N–H and O–H groups in total. The third-order valence-electron chi connectivity index (χ3n) is 4.62. The molecule has 1 aromatic carbocycles. The summed E-state index contributed by atoms with van der Waals surface area (Å²) in [6.07, 6.45) is 0.986. The predicted molar refractivity (Wildman–Crippen MR) is 100 cm³/mol. The molecule has 0 bridgehead atoms. The van der Waals surface area contributed by atoms with Crippen LogP contribution in [0.15, 0.2) is 41.8 Å². The van der Waals surface area contributed by atoms with Crippen molar-refractivity contribution in [3.8, 4) is 0 Å². The molecule has 128 valence electrons. The molecule has 0 saturated heterocycles. The van der Waals surface area contributed by atoms with Crippen molar-refractivity contribution < 1.29 is 4.79 Å². The molecule has 1 aliphatic heterocycles. The largest absolute Gasteiger partial charge is 0.337 e. The Balaban J connectivity index is 1.64. The molecule has 0 saturated carbocycles. The Morgan fingerprint density at radius 1 is 1.25 bits per heavy atom. The normalized spacial score (nSPS) is 15.9. The number of fused-ring (bicyclic) bond motifs is 1. The van der Waals surface area contributed by atoms with Gasteiger partial charge < -0.3 is 10.2 Å². The van der Waals surface area contributed by atoms with Gasteiger partial charge in [0.15, 0.2) is 0 Å². The lowest BCUT2D eigenvalue weighted by molar-refractivity contribution is -0.131. The quantitative estimate of drug-likeness (QED) is 0.910. The molecule has 24 heavy (non-hydrogen) atoms. The number of nitrogens with zero attached hydrogens (tertiary/aromatic N) is 1. The monoisotopic (exact) mass is 342 g/mol. The summed E-state index contributed by atoms with van der Waals surface area (Å²) in [6.45, 7) is 8.60. The molecule has 1 aromatic heterocycles. The molecule has 3 rings (SSSR count). The van der Waals surface area contributed by atoms with Crippen LogP contribution in [0.25, 0.3) is 0 Å². The molecule has 0 unspecified atom stereocenters. The lowest BCUT2D eigenvalue weighted by Crippen LogP contribution is -2.43. The lowest BCUT2D eigenvalue weighted by atomic mass is 9.82. The van der Waals surface area contributed by atoms with Crippen molar-refractivity contribution in [3.05, 3.63) is 57.8 Å². The van der Waals surface area contributed by atoms with E-state index in [1.807, 2.05) is 11.0 Å². The second-order valence-electron chi connectivity index (χ2n) is 7.52. The summed E-state index contributed by atoms with van der Waals surface area (Å²) in [5, 5.41) is 5.63. The van der Waals surface area contributed by atoms with Crippen LogP contribution in [0.2, 0.25) is 0 Å². The Morgan fingerprint density at radius 3 is 2.71 bits per heavy atom. The number of rotatable bonds is 4. The standard InChI is InChI=1S/C20H26N2OS/c1-20(2,3)19(15-7-5-4-6-8-15)21-13-18(23)22-11-9-17-16(14-22)10-12-24-17/h4-8,10,12,19,21H,9,11,13-14H2,1-3H3/t19-/m0/s1. The molecule has 3 nitrogen and oxygen atoms in total. The Labute approximate surface area is 148 Å². The SMILES string of the molecule is CC(C)(C)[C@@H](NCC(=O)N1CCc2sccc2C1)c1ccccc1. The fourth-order valence-corrected chi connectivity index (χ4v) is 4.22. The van der Waals surface area contributed by atoms with Crippen LogP contribution in [0, 0.1) is 5.41 Å². The molecule has 0 spiro atoms. The molecule has 1 amide bonds. The first kappa shape index (κ1) is 17.2. The van der Waals surface area contributed by atoms with E-state index >= 15 is 0 Å². The molecule has 2 aromatic rings. The lowest BCUT2D eigenvalue weighted by Gasteiger charge is -2.33. The van der Waals surface area contributed by atoms with Gasteiger partial charge in [0.2, 0.25) is 5.91 Å². The van der Waals surface area contributed by atoms with E-state index < -0.39 is 0 Å². The van der Waals surface area contributed by atoms with Gasteiger partial charge in [-0.2, -0.15) is 0 Å². The van der Waals surface area contributed by atoms with Crippen LogP contribution in [0.4, 0.5) is 0 Å². The van der Waals surface area contributed by atoms with Crippen LogP contribution in [0.3, 0.4) is 0 Å². The second-order valence-corrected chi connectivity index (χ2v) is 8.53. The summed E-state index contributed by atoms with van der Waals surface area (Å²) in [6, 6.07) is 12.7. The molecule has 1 aliphatic rings. The number of carbonyl (C=O) groups is 1. The third-order valence-corrected chi connectivity index (χ3v) is 5.64. The van der Waals surface area contributed by atoms with Crippen molar-refractivity contribution >= 4 is 17.2 Å². The molecule has 2 heterocycles. The summed E-state index contributed by atoms with van der Waals surface area (Å²) in [5.74, 6) is 0.192. The Morgan fingerprint density at radius 2 is 2.00 bits per heavy atom. The highest BCUT2D eigenvalue weighted by Crippen LogP contribution is 2.32. The summed E-state index contributed by atoms with van der Waals surface area (Å²) < 4.78 is 0. The maximum Gasteiger partial charge on any atom is 0.236 e. The van der Waals surface area contributed by atoms with Crippen LogP contribution in [0.5, 0.6) is 0 Å². The van der Waals surface area contributed by atoms with Gasteiger partial charge >= 0.3 is 0 Å². The van der Waals surface area contributed by atoms with E-state index in [2.05, 4.69) is 61.8 Å². The van der Waals surface area contributed by atoms with E-state index in [9.17, 15) is 4.79 Å². The molecular weight excluding hydrogens is 316 g/mol. The smallest absolute Gasteiger partial charge is 0.236 e. The number of hydrogen-bond donors (Lipinski definition) is 1. The number of thiophene rings is 1. The highest BCUT2D eigenvalue weighted by atomic mass is 32.1. The minimum atomic E-state index is 0.0457. The van der Waals surface area contributed by atoms with Crippen LogP contribution in [-0.4, -0.2) is 23.9 Å². The Bertz CT molecular complexity index is 687. The number of hydrogen-bond acceptors (Lipinski definition) is 3. The van der Waals surface area contributed by atoms with Gasteiger partial charge in [0.25, 0.3) is 0 Å². The van der Waals surface area contributed by atoms with Gasteiger partial charge in [0.1, 0.15) is 0 Å². The van der Waals surface area contributed by atoms with Crippen LogP contribution >= 0.6 is 11.3 Å². The first-order chi connectivity index (χ1) is 11.4. The molecule has 0 radical (unpaired) electrons. The van der Waals surface area contributed by atoms with Crippen LogP contribution < -0.4 is 5.32 Å². The minimum absolute atomic E-state index is 0.0457. The first-order valence-corrected chi connectivity index (χ1v) is 9.44. The summed E-state index contributed by atoms with van der Waals surface area (Å²) >= 11 is 1.80. The average molecular weight is 343 g/mol. The van der Waals surface area contributed by atoms with E-state index in [-0.39, 0.29) is 17.4 Å². The van der Waals surface area contributed by atoms with Gasteiger partial charge in [-0.1, -0.05) is 51.1 Å². The molecule has 0 aliphatic carbocycles. The fourth-order valence-electron chi connectivity index (χ4n) is 3.33. The van der Waals surface area contributed by atoms with Crippen LogP contribution in [-0.2, 0) is 17.8 Å². The summed E-state index contributed by atoms with van der Waals surface area (Å²) in [7, 11) is 0. The van der Waals surface area contributed by atoms with E-state index in [4.69, 9.17) is 0 Å². The van der Waals surface area contributed by atoms with E-state index in [0.717, 1.165) is 19.5 Å². The van der Waals surface area contributed by atoms with Crippen molar-refractivity contribution in [3.63, 3.8) is 0 Å². The van der Waals surface area contributed by atoms with Crippen molar-refractivity contribution in [1.82, 2.24) is 10.2 Å². The van der Waals surface area contributed by atoms with Gasteiger partial charge in [-0.3, -0.25) is 4.79 Å². The zero-order chi connectivity index (χ0) is 17.2. The van der Waals surface area contributed by atoms with Gasteiger partial charge in [-0.25, -0.2) is 0 Å². The van der Waals surface area contributed by atoms with Crippen molar-refractivity contribution in [2.45, 2.75) is 39.8 Å². The first-order valence-electron chi connectivity index (χ1n) is 8.56. The highest BCUT2D eigenvalue weighted by molar-refractivity contribution is 7.10. The topological polar surface area (TPSA) is 32.3 Å². The fraction of sp³-hybridized carbons (Fsp3) is 0.450. The van der Waals surface area contributed by atoms with Gasteiger partial charge in [0, 0.05) is 24.0 Å². The average Bonchev–Trinajstić information content (AvgIpc) is 3.02. The summed E-state index contributed by atoms with van der Waals surface area (Å²) in [4.78, 5) is 16.1. The Kier molecular flexibility index (Phi) is 5.07. The zero-order valence-electron chi connectivity index (χ0n) is 14.7. The number of nitrogens with one attached hydrogen (secondary N) is 1. The van der Waals surface area contributed by atoms with E-state index in [1.165, 1.54) is 16.0 Å². The maximum atomic E-state index is 12.7. The Hall–Kier alpha value is -1.65. The van der Waals surface area contributed by atoms with Gasteiger partial charge in [-0.05, 0) is 34.4 Å². The molecule has 1 atom stereocenters. The number of carbonyl (C=O) groups excluding carboxylic acids is 1. The number of amides is 1. The van der Waals surface area contributed by atoms with Crippen LogP contribution in [0.1, 0.15) is 42.8 Å². The predicted octanol–water partition coefficient (Wildman–Crippen LogP) is 4.01. The highest BCUT2D eigenvalue weighted by Gasteiger charge is 2.28. The van der Waals surface area contributed by atoms with Crippen molar-refractivity contribution in [2.24, 2.45) is 5.41 Å². The van der Waals surface area contributed by atoms with E-state index in [0.29, 0.717) is 6.54 Å². The maximum absolute atomic E-state index is 12.7. The third kappa shape index (κ3) is 3.87. The molecular formula is C20H26N2OS. The second kappa shape index (κ2) is 7.08. The minimum Gasteiger partial charge on any atom is -0.337 e. The zero-order valence-corrected chi connectivity index (χ0v) is 15.5. The van der Waals surface area contributed by atoms with Crippen molar-refractivity contribution in [2.75, 3.05) is 13.1 Å². The van der Waals surface area contributed by atoms with Gasteiger partial charge in [-0.15, -0.1) is 11.3 Å². The molecule has 0 fully saturated rings. The van der Waals surface area contributed by atoms with Crippen molar-refractivity contribution in [1.29, 1.82) is 0 Å². The van der Waals surface area contributed by atoms with E-state index in [1.54, 1.807) is 11.3 Å². The number of benzene rings is 1. The molecule has 4 heteroatoms. The summed E-state index contributed by atoms with van der Waals surface area (Å²) in [5.41, 5.74) is 2.59. The van der Waals surface area contributed by atoms with Gasteiger partial charge in [0.05, 0.1) is 6.54 Å².